The number of nitrogens with one attached hydrogen (secondary N) is 1. The van der Waals surface area contributed by atoms with Gasteiger partial charge in [0.1, 0.15) is 5.82 Å². The molecule has 5 heteroatoms. The van der Waals surface area contributed by atoms with Crippen molar-refractivity contribution < 1.29 is 0 Å². The molecule has 2 aromatic heterocycles. The summed E-state index contributed by atoms with van der Waals surface area (Å²) in [5.41, 5.74) is 1.87. The zero-order valence-electron chi connectivity index (χ0n) is 9.31. The molecular weight excluding hydrogens is 202 g/mol. The van der Waals surface area contributed by atoms with Gasteiger partial charge in [-0.1, -0.05) is 0 Å². The monoisotopic (exact) mass is 215 g/mol. The highest BCUT2D eigenvalue weighted by atomic mass is 15.1. The Morgan fingerprint density at radius 2 is 1.88 bits per heavy atom. The third kappa shape index (κ3) is 2.73. The van der Waals surface area contributed by atoms with Crippen LogP contribution in [0.25, 0.3) is 0 Å². The van der Waals surface area contributed by atoms with Crippen LogP contribution >= 0.6 is 0 Å². The second kappa shape index (κ2) is 4.65. The van der Waals surface area contributed by atoms with Crippen LogP contribution < -0.4 is 5.32 Å². The number of nitrogens with zero attached hydrogens (tertiary/aromatic N) is 4. The van der Waals surface area contributed by atoms with Crippen molar-refractivity contribution >= 4 is 5.95 Å². The van der Waals surface area contributed by atoms with Gasteiger partial charge in [0.15, 0.2) is 0 Å². The largest absolute Gasteiger partial charge is 0.349 e. The zero-order chi connectivity index (χ0) is 11.4. The molecule has 2 heterocycles. The van der Waals surface area contributed by atoms with E-state index in [1.165, 1.54) is 0 Å². The van der Waals surface area contributed by atoms with Gasteiger partial charge in [-0.2, -0.15) is 0 Å². The molecule has 0 aliphatic rings. The molecule has 0 atom stereocenters. The molecule has 82 valence electrons. The minimum atomic E-state index is 0.604. The normalized spacial score (nSPS) is 10.1. The van der Waals surface area contributed by atoms with Crippen molar-refractivity contribution in [1.82, 2.24) is 19.9 Å². The highest BCUT2D eigenvalue weighted by Gasteiger charge is 1.98. The molecule has 0 saturated heterocycles. The van der Waals surface area contributed by atoms with E-state index in [1.807, 2.05) is 26.0 Å². The van der Waals surface area contributed by atoms with Crippen molar-refractivity contribution in [3.8, 4) is 0 Å². The predicted octanol–water partition coefficient (Wildman–Crippen LogP) is 1.50. The van der Waals surface area contributed by atoms with Crippen LogP contribution in [-0.2, 0) is 6.54 Å². The first-order chi connectivity index (χ1) is 7.74. The third-order valence-electron chi connectivity index (χ3n) is 2.06. The Morgan fingerprint density at radius 3 is 2.62 bits per heavy atom. The van der Waals surface area contributed by atoms with E-state index < -0.39 is 0 Å². The van der Waals surface area contributed by atoms with Crippen molar-refractivity contribution in [2.75, 3.05) is 5.32 Å². The van der Waals surface area contributed by atoms with Gasteiger partial charge in [-0.15, -0.1) is 0 Å². The van der Waals surface area contributed by atoms with Crippen LogP contribution in [0.3, 0.4) is 0 Å². The maximum Gasteiger partial charge on any atom is 0.223 e. The SMILES string of the molecule is Cc1ccnc(NCc2ccnc(C)n2)n1. The smallest absolute Gasteiger partial charge is 0.223 e. The third-order valence-corrected chi connectivity index (χ3v) is 2.06. The van der Waals surface area contributed by atoms with E-state index in [4.69, 9.17) is 0 Å². The lowest BCUT2D eigenvalue weighted by atomic mass is 10.4. The van der Waals surface area contributed by atoms with E-state index >= 15 is 0 Å². The minimum absolute atomic E-state index is 0.604. The molecule has 0 amide bonds. The molecule has 0 spiro atoms. The van der Waals surface area contributed by atoms with Gasteiger partial charge >= 0.3 is 0 Å². The van der Waals surface area contributed by atoms with Crippen molar-refractivity contribution in [2.24, 2.45) is 0 Å². The summed E-state index contributed by atoms with van der Waals surface area (Å²) in [6.07, 6.45) is 3.48. The van der Waals surface area contributed by atoms with Crippen LogP contribution in [0.2, 0.25) is 0 Å². The maximum absolute atomic E-state index is 4.28. The standard InChI is InChI=1S/C11H13N5/c1-8-3-5-13-11(15-8)14-7-10-4-6-12-9(2)16-10/h3-6H,7H2,1-2H3,(H,13,14,15). The average Bonchev–Trinajstić information content (AvgIpc) is 2.27. The second-order valence-corrected chi connectivity index (χ2v) is 3.47. The molecular formula is C11H13N5. The number of aryl methyl sites for hydroxylation is 2. The lowest BCUT2D eigenvalue weighted by Gasteiger charge is -2.04. The number of hydrogen-bond donors (Lipinski definition) is 1. The first-order valence-corrected chi connectivity index (χ1v) is 5.06. The summed E-state index contributed by atoms with van der Waals surface area (Å²) in [5.74, 6) is 1.39. The molecule has 0 unspecified atom stereocenters. The summed E-state index contributed by atoms with van der Waals surface area (Å²) in [6, 6.07) is 3.73. The van der Waals surface area contributed by atoms with Crippen molar-refractivity contribution in [3.63, 3.8) is 0 Å². The minimum Gasteiger partial charge on any atom is -0.349 e. The topological polar surface area (TPSA) is 63.6 Å². The van der Waals surface area contributed by atoms with E-state index in [0.717, 1.165) is 17.2 Å². The van der Waals surface area contributed by atoms with Gasteiger partial charge in [0.25, 0.3) is 0 Å². The number of rotatable bonds is 3. The maximum atomic E-state index is 4.28. The molecule has 0 radical (unpaired) electrons. The predicted molar refractivity (Wildman–Crippen MR) is 60.9 cm³/mol. The van der Waals surface area contributed by atoms with Gasteiger partial charge in [0, 0.05) is 18.1 Å². The van der Waals surface area contributed by atoms with E-state index in [-0.39, 0.29) is 0 Å². The lowest BCUT2D eigenvalue weighted by molar-refractivity contribution is 0.936. The van der Waals surface area contributed by atoms with Gasteiger partial charge in [0.2, 0.25) is 5.95 Å². The Hall–Kier alpha value is -2.04. The van der Waals surface area contributed by atoms with Crippen LogP contribution in [0.4, 0.5) is 5.95 Å². The van der Waals surface area contributed by atoms with Gasteiger partial charge < -0.3 is 5.32 Å². The van der Waals surface area contributed by atoms with Crippen molar-refractivity contribution in [1.29, 1.82) is 0 Å². The zero-order valence-corrected chi connectivity index (χ0v) is 9.31. The van der Waals surface area contributed by atoms with Gasteiger partial charge in [0.05, 0.1) is 12.2 Å². The summed E-state index contributed by atoms with van der Waals surface area (Å²) in [5, 5.41) is 3.12. The average molecular weight is 215 g/mol. The number of hydrogen-bond acceptors (Lipinski definition) is 5. The molecule has 2 aromatic rings. The second-order valence-electron chi connectivity index (χ2n) is 3.47. The molecule has 5 nitrogen and oxygen atoms in total. The van der Waals surface area contributed by atoms with Gasteiger partial charge in [-0.25, -0.2) is 19.9 Å². The summed E-state index contributed by atoms with van der Waals surface area (Å²) < 4.78 is 0. The molecule has 0 aliphatic heterocycles. The van der Waals surface area contributed by atoms with Crippen molar-refractivity contribution in [3.05, 3.63) is 41.7 Å². The summed E-state index contributed by atoms with van der Waals surface area (Å²) in [7, 11) is 0. The first kappa shape index (κ1) is 10.5. The Bertz CT molecular complexity index is 438. The highest BCUT2D eigenvalue weighted by Crippen LogP contribution is 2.02. The van der Waals surface area contributed by atoms with E-state index in [1.54, 1.807) is 12.4 Å². The van der Waals surface area contributed by atoms with Crippen LogP contribution in [-0.4, -0.2) is 19.9 Å². The lowest BCUT2D eigenvalue weighted by Crippen LogP contribution is -2.06. The fraction of sp³-hybridized carbons (Fsp3) is 0.273. The fourth-order valence-electron chi connectivity index (χ4n) is 1.31. The fourth-order valence-corrected chi connectivity index (χ4v) is 1.31. The molecule has 16 heavy (non-hydrogen) atoms. The van der Waals surface area contributed by atoms with E-state index in [0.29, 0.717) is 12.5 Å². The highest BCUT2D eigenvalue weighted by molar-refractivity contribution is 5.25. The molecule has 0 saturated carbocycles. The Balaban J connectivity index is 2.02. The Labute approximate surface area is 94.0 Å². The van der Waals surface area contributed by atoms with E-state index in [9.17, 15) is 0 Å². The van der Waals surface area contributed by atoms with Crippen LogP contribution in [0.1, 0.15) is 17.2 Å². The molecule has 2 rings (SSSR count). The molecule has 0 bridgehead atoms. The summed E-state index contributed by atoms with van der Waals surface area (Å²) >= 11 is 0. The van der Waals surface area contributed by atoms with Gasteiger partial charge in [-0.05, 0) is 26.0 Å². The Morgan fingerprint density at radius 1 is 1.06 bits per heavy atom. The quantitative estimate of drug-likeness (QED) is 0.840. The first-order valence-electron chi connectivity index (χ1n) is 5.06. The Kier molecular flexibility index (Phi) is 3.05. The molecule has 0 aliphatic carbocycles. The van der Waals surface area contributed by atoms with E-state index in [2.05, 4.69) is 25.3 Å². The van der Waals surface area contributed by atoms with Crippen LogP contribution in [0.5, 0.6) is 0 Å². The number of aromatic nitrogens is 4. The number of anilines is 1. The molecule has 0 aromatic carbocycles. The van der Waals surface area contributed by atoms with Gasteiger partial charge in [-0.3, -0.25) is 0 Å². The summed E-state index contributed by atoms with van der Waals surface area (Å²) in [6.45, 7) is 4.40. The molecule has 0 fully saturated rings. The molecule has 1 N–H and O–H groups in total. The van der Waals surface area contributed by atoms with Crippen LogP contribution in [0.15, 0.2) is 24.5 Å². The van der Waals surface area contributed by atoms with Crippen molar-refractivity contribution in [2.45, 2.75) is 20.4 Å². The summed E-state index contributed by atoms with van der Waals surface area (Å²) in [4.78, 5) is 16.7. The van der Waals surface area contributed by atoms with Crippen LogP contribution in [0, 0.1) is 13.8 Å².